The van der Waals surface area contributed by atoms with Gasteiger partial charge in [0, 0.05) is 4.75 Å². The van der Waals surface area contributed by atoms with E-state index < -0.39 is 22.0 Å². The van der Waals surface area contributed by atoms with Crippen LogP contribution in [0.25, 0.3) is 0 Å². The number of ether oxygens (including phenoxy) is 1. The lowest BCUT2D eigenvalue weighted by molar-refractivity contribution is -0.156. The molecule has 0 fully saturated rings. The van der Waals surface area contributed by atoms with Gasteiger partial charge in [0.25, 0.3) is 0 Å². The van der Waals surface area contributed by atoms with Gasteiger partial charge in [0.15, 0.2) is 0 Å². The van der Waals surface area contributed by atoms with Crippen molar-refractivity contribution in [1.82, 2.24) is 0 Å². The summed E-state index contributed by atoms with van der Waals surface area (Å²) in [4.78, 5) is 11.9. The minimum atomic E-state index is -1.37. The largest absolute Gasteiger partial charge is 0.460 e. The first kappa shape index (κ1) is 19.3. The lowest BCUT2D eigenvalue weighted by Gasteiger charge is -2.45. The Bertz CT molecular complexity index is 372. The van der Waals surface area contributed by atoms with Crippen molar-refractivity contribution in [2.75, 3.05) is 12.5 Å². The van der Waals surface area contributed by atoms with Crippen molar-refractivity contribution in [2.45, 2.75) is 70.8 Å². The van der Waals surface area contributed by atoms with Crippen LogP contribution in [0.3, 0.4) is 0 Å². The molecule has 0 spiro atoms. The molecule has 118 valence electrons. The zero-order valence-corrected chi connectivity index (χ0v) is 14.9. The third-order valence-electron chi connectivity index (χ3n) is 2.98. The Labute approximate surface area is 125 Å². The summed E-state index contributed by atoms with van der Waals surface area (Å²) < 4.78 is 11.4. The summed E-state index contributed by atoms with van der Waals surface area (Å²) in [6.45, 7) is 11.8. The van der Waals surface area contributed by atoms with Gasteiger partial charge in [-0.05, 0) is 33.3 Å². The first-order chi connectivity index (χ1) is 8.78. The van der Waals surface area contributed by atoms with E-state index in [-0.39, 0.29) is 23.6 Å². The number of rotatable bonds is 5. The average Bonchev–Trinajstić information content (AvgIpc) is 2.11. The van der Waals surface area contributed by atoms with Crippen LogP contribution in [-0.2, 0) is 13.7 Å². The predicted molar refractivity (Wildman–Crippen MR) is 84.8 cm³/mol. The molecular weight excluding hydrogens is 274 g/mol. The third-order valence-corrected chi connectivity index (χ3v) is 6.69. The average molecular weight is 303 g/mol. The highest BCUT2D eigenvalue weighted by Gasteiger charge is 2.33. The topological polar surface area (TPSA) is 59.3 Å². The number of nitrogens with zero attached hydrogens (tertiary/aromatic N) is 1. The van der Waals surface area contributed by atoms with E-state index in [1.807, 2.05) is 20.8 Å². The maximum absolute atomic E-state index is 11.9. The van der Waals surface area contributed by atoms with E-state index in [1.165, 1.54) is 0 Å². The van der Waals surface area contributed by atoms with Crippen LogP contribution in [0.4, 0.5) is 0 Å². The van der Waals surface area contributed by atoms with Crippen molar-refractivity contribution >= 4 is 16.3 Å². The van der Waals surface area contributed by atoms with Gasteiger partial charge in [-0.25, -0.2) is 0 Å². The zero-order valence-electron chi connectivity index (χ0n) is 14.1. The number of carbonyl (C=O) groups excluding carboxylic acids is 1. The smallest absolute Gasteiger partial charge is 0.309 e. The lowest BCUT2D eigenvalue weighted by atomic mass is 10.1. The molecule has 0 aliphatic rings. The van der Waals surface area contributed by atoms with Crippen molar-refractivity contribution < 1.29 is 13.7 Å². The summed E-state index contributed by atoms with van der Waals surface area (Å²) in [6.07, 6.45) is 4.04. The summed E-state index contributed by atoms with van der Waals surface area (Å²) >= 11 is 0. The van der Waals surface area contributed by atoms with Gasteiger partial charge >= 0.3 is 5.97 Å². The summed E-state index contributed by atoms with van der Waals surface area (Å²) in [5.41, 5.74) is -0.513. The van der Waals surface area contributed by atoms with Crippen LogP contribution in [0, 0.1) is 11.3 Å². The van der Waals surface area contributed by atoms with Crippen LogP contribution < -0.4 is 0 Å². The Hall–Kier alpha value is -0.730. The molecule has 0 aromatic heterocycles. The highest BCUT2D eigenvalue weighted by molar-refractivity contribution is 8.29. The normalized spacial score (nSPS) is 15.3. The predicted octanol–water partition coefficient (Wildman–Crippen LogP) is 3.79. The van der Waals surface area contributed by atoms with Gasteiger partial charge in [-0.3, -0.25) is 4.79 Å². The van der Waals surface area contributed by atoms with Crippen LogP contribution in [0.1, 0.15) is 54.4 Å². The standard InChI is InChI=1S/C15H29NO3S/c1-14(2,3)18-13(17)11-12(9-10-16)19-20(7,8)15(4,5)6/h12H,9,11H2,1-8H3/t12-/m1/s1. The third kappa shape index (κ3) is 7.16. The molecule has 0 heterocycles. The van der Waals surface area contributed by atoms with Gasteiger partial charge in [-0.1, -0.05) is 20.8 Å². The number of hydrogen-bond acceptors (Lipinski definition) is 4. The van der Waals surface area contributed by atoms with E-state index in [2.05, 4.69) is 39.4 Å². The number of esters is 1. The second-order valence-corrected chi connectivity index (χ2v) is 11.1. The molecule has 0 bridgehead atoms. The monoisotopic (exact) mass is 303 g/mol. The van der Waals surface area contributed by atoms with E-state index in [4.69, 9.17) is 14.2 Å². The van der Waals surface area contributed by atoms with Crippen LogP contribution in [0.5, 0.6) is 0 Å². The molecule has 0 aliphatic carbocycles. The Morgan fingerprint density at radius 3 is 2.05 bits per heavy atom. The molecule has 0 saturated carbocycles. The molecule has 0 radical (unpaired) electrons. The van der Waals surface area contributed by atoms with E-state index >= 15 is 0 Å². The Balaban J connectivity index is 4.76. The van der Waals surface area contributed by atoms with Gasteiger partial charge in [-0.2, -0.15) is 5.26 Å². The van der Waals surface area contributed by atoms with Crippen molar-refractivity contribution in [3.8, 4) is 6.07 Å². The SMILES string of the molecule is CC(C)(C)OC(=O)C[C@@H](CC#N)OS(C)(C)C(C)(C)C. The molecule has 0 aliphatic heterocycles. The van der Waals surface area contributed by atoms with Crippen LogP contribution in [0.2, 0.25) is 0 Å². The van der Waals surface area contributed by atoms with Crippen molar-refractivity contribution in [3.63, 3.8) is 0 Å². The molecular formula is C15H29NO3S. The van der Waals surface area contributed by atoms with Crippen molar-refractivity contribution in [1.29, 1.82) is 5.26 Å². The first-order valence-corrected chi connectivity index (χ1v) is 9.16. The number of carbonyl (C=O) groups is 1. The summed E-state index contributed by atoms with van der Waals surface area (Å²) in [6, 6.07) is 2.09. The minimum Gasteiger partial charge on any atom is -0.460 e. The molecule has 20 heavy (non-hydrogen) atoms. The van der Waals surface area contributed by atoms with E-state index in [0.717, 1.165) is 0 Å². The molecule has 4 nitrogen and oxygen atoms in total. The van der Waals surface area contributed by atoms with Gasteiger partial charge in [0.05, 0.1) is 25.0 Å². The Morgan fingerprint density at radius 1 is 1.20 bits per heavy atom. The van der Waals surface area contributed by atoms with Gasteiger partial charge < -0.3 is 8.92 Å². The maximum atomic E-state index is 11.9. The number of hydrogen-bond donors (Lipinski definition) is 0. The summed E-state index contributed by atoms with van der Waals surface area (Å²) in [5, 5.41) is 8.91. The molecule has 0 unspecified atom stereocenters. The quantitative estimate of drug-likeness (QED) is 0.725. The molecule has 0 rings (SSSR count). The lowest BCUT2D eigenvalue weighted by Crippen LogP contribution is -2.31. The van der Waals surface area contributed by atoms with Gasteiger partial charge in [0.2, 0.25) is 0 Å². The molecule has 0 amide bonds. The summed E-state index contributed by atoms with van der Waals surface area (Å²) in [7, 11) is -1.37. The highest BCUT2D eigenvalue weighted by atomic mass is 32.3. The van der Waals surface area contributed by atoms with Gasteiger partial charge in [-0.15, -0.1) is 10.3 Å². The van der Waals surface area contributed by atoms with E-state index in [9.17, 15) is 4.79 Å². The first-order valence-electron chi connectivity index (χ1n) is 6.78. The van der Waals surface area contributed by atoms with Crippen molar-refractivity contribution in [3.05, 3.63) is 0 Å². The van der Waals surface area contributed by atoms with Gasteiger partial charge in [0.1, 0.15) is 5.60 Å². The Morgan fingerprint density at radius 2 is 1.70 bits per heavy atom. The second-order valence-electron chi connectivity index (χ2n) is 7.22. The fourth-order valence-corrected chi connectivity index (χ4v) is 2.40. The Kier molecular flexibility index (Phi) is 6.57. The zero-order chi connectivity index (χ0) is 16.2. The second kappa shape index (κ2) is 6.82. The van der Waals surface area contributed by atoms with E-state index in [1.54, 1.807) is 0 Å². The summed E-state index contributed by atoms with van der Waals surface area (Å²) in [5.74, 6) is -0.318. The maximum Gasteiger partial charge on any atom is 0.309 e. The van der Waals surface area contributed by atoms with Crippen LogP contribution in [-0.4, -0.2) is 34.9 Å². The fraction of sp³-hybridized carbons (Fsp3) is 0.867. The molecule has 5 heteroatoms. The molecule has 0 saturated heterocycles. The molecule has 0 aromatic carbocycles. The van der Waals surface area contributed by atoms with Crippen LogP contribution >= 0.6 is 10.3 Å². The number of nitriles is 1. The van der Waals surface area contributed by atoms with Crippen molar-refractivity contribution in [2.24, 2.45) is 0 Å². The fourth-order valence-electron chi connectivity index (χ4n) is 1.30. The minimum absolute atomic E-state index is 0.00532. The van der Waals surface area contributed by atoms with Crippen LogP contribution in [0.15, 0.2) is 0 Å². The highest BCUT2D eigenvalue weighted by Crippen LogP contribution is 2.55. The molecule has 1 atom stereocenters. The molecule has 0 N–H and O–H groups in total. The van der Waals surface area contributed by atoms with E-state index in [0.29, 0.717) is 0 Å². The molecule has 0 aromatic rings.